The molecule has 0 spiro atoms. The van der Waals surface area contributed by atoms with Crippen molar-refractivity contribution >= 4 is 11.8 Å². The maximum atomic E-state index is 13.3. The highest BCUT2D eigenvalue weighted by Gasteiger charge is 2.32. The van der Waals surface area contributed by atoms with Crippen molar-refractivity contribution in [3.63, 3.8) is 0 Å². The highest BCUT2D eigenvalue weighted by Crippen LogP contribution is 2.29. The van der Waals surface area contributed by atoms with E-state index in [0.717, 1.165) is 29.5 Å². The first-order valence-corrected chi connectivity index (χ1v) is 11.8. The Morgan fingerprint density at radius 3 is 2.69 bits per heavy atom. The van der Waals surface area contributed by atoms with E-state index in [-0.39, 0.29) is 17.7 Å². The first-order valence-electron chi connectivity index (χ1n) is 11.8. The summed E-state index contributed by atoms with van der Waals surface area (Å²) in [5.41, 5.74) is 3.25. The number of benzene rings is 1. The molecule has 2 heterocycles. The van der Waals surface area contributed by atoms with Crippen LogP contribution in [0.5, 0.6) is 0 Å². The first-order chi connectivity index (χ1) is 15.6. The van der Waals surface area contributed by atoms with Crippen LogP contribution in [0.3, 0.4) is 0 Å². The van der Waals surface area contributed by atoms with Crippen molar-refractivity contribution in [2.24, 2.45) is 11.8 Å². The molecule has 1 saturated carbocycles. The van der Waals surface area contributed by atoms with E-state index in [4.69, 9.17) is 0 Å². The monoisotopic (exact) mass is 431 g/mol. The molecule has 0 bridgehead atoms. The highest BCUT2D eigenvalue weighted by molar-refractivity contribution is 5.82. The fourth-order valence-corrected chi connectivity index (χ4v) is 5.05. The Kier molecular flexibility index (Phi) is 7.35. The molecule has 0 N–H and O–H groups in total. The number of hydrogen-bond donors (Lipinski definition) is 0. The van der Waals surface area contributed by atoms with Crippen molar-refractivity contribution in [1.82, 2.24) is 14.8 Å². The molecule has 0 unspecified atom stereocenters. The van der Waals surface area contributed by atoms with Gasteiger partial charge in [0.1, 0.15) is 0 Å². The summed E-state index contributed by atoms with van der Waals surface area (Å²) in [4.78, 5) is 34.4. The standard InChI is InChI=1S/C27H33N3O2/c1-2-13-29-14-15-30(26(31)18-21-7-3-4-8-21)20-25(27(29)32)17-22-9-5-10-23(16-22)24-11-6-12-28-19-24/h2,5-6,9-12,16,19,21,25H,1,3-4,7-8,13-15,17-18,20H2/t25-/m1/s1. The lowest BCUT2D eigenvalue weighted by Crippen LogP contribution is -2.38. The molecule has 1 aromatic carbocycles. The molecule has 2 amide bonds. The van der Waals surface area contributed by atoms with Crippen LogP contribution in [0, 0.1) is 11.8 Å². The van der Waals surface area contributed by atoms with E-state index >= 15 is 0 Å². The van der Waals surface area contributed by atoms with Gasteiger partial charge in [-0.25, -0.2) is 0 Å². The van der Waals surface area contributed by atoms with Gasteiger partial charge in [-0.1, -0.05) is 49.2 Å². The minimum absolute atomic E-state index is 0.118. The number of pyridine rings is 1. The minimum atomic E-state index is -0.242. The summed E-state index contributed by atoms with van der Waals surface area (Å²) in [5.74, 6) is 0.599. The Balaban J connectivity index is 1.52. The molecule has 0 radical (unpaired) electrons. The second kappa shape index (κ2) is 10.6. The molecule has 2 fully saturated rings. The Morgan fingerprint density at radius 1 is 1.12 bits per heavy atom. The molecule has 5 nitrogen and oxygen atoms in total. The fourth-order valence-electron chi connectivity index (χ4n) is 5.05. The number of carbonyl (C=O) groups is 2. The predicted molar refractivity (Wildman–Crippen MR) is 127 cm³/mol. The van der Waals surface area contributed by atoms with Crippen LogP contribution in [0.2, 0.25) is 0 Å². The summed E-state index contributed by atoms with van der Waals surface area (Å²) in [5, 5.41) is 0. The fraction of sp³-hybridized carbons (Fsp3) is 0.444. The Labute approximate surface area is 191 Å². The topological polar surface area (TPSA) is 53.5 Å². The summed E-state index contributed by atoms with van der Waals surface area (Å²) < 4.78 is 0. The van der Waals surface area contributed by atoms with Gasteiger partial charge in [0.05, 0.1) is 5.92 Å². The van der Waals surface area contributed by atoms with Gasteiger partial charge in [-0.05, 0) is 47.9 Å². The van der Waals surface area contributed by atoms with Gasteiger partial charge < -0.3 is 9.80 Å². The van der Waals surface area contributed by atoms with Crippen molar-refractivity contribution < 1.29 is 9.59 Å². The van der Waals surface area contributed by atoms with E-state index in [2.05, 4.69) is 29.8 Å². The van der Waals surface area contributed by atoms with Crippen LogP contribution in [-0.4, -0.2) is 52.8 Å². The first kappa shape index (κ1) is 22.3. The van der Waals surface area contributed by atoms with E-state index in [1.807, 2.05) is 34.2 Å². The predicted octanol–water partition coefficient (Wildman–Crippen LogP) is 4.34. The summed E-state index contributed by atoms with van der Waals surface area (Å²) in [6, 6.07) is 12.3. The lowest BCUT2D eigenvalue weighted by Gasteiger charge is -2.25. The van der Waals surface area contributed by atoms with Gasteiger partial charge in [0.25, 0.3) is 0 Å². The average molecular weight is 432 g/mol. The third kappa shape index (κ3) is 5.45. The molecule has 32 heavy (non-hydrogen) atoms. The molecule has 5 heteroatoms. The van der Waals surface area contributed by atoms with Gasteiger partial charge >= 0.3 is 0 Å². The molecule has 168 valence electrons. The summed E-state index contributed by atoms with van der Waals surface area (Å²) in [6.07, 6.45) is 11.4. The molecule has 2 aliphatic rings. The van der Waals surface area contributed by atoms with Crippen molar-refractivity contribution in [3.05, 3.63) is 67.0 Å². The van der Waals surface area contributed by atoms with Crippen LogP contribution in [0.25, 0.3) is 11.1 Å². The van der Waals surface area contributed by atoms with E-state index in [0.29, 0.717) is 44.9 Å². The molecule has 1 aliphatic carbocycles. The van der Waals surface area contributed by atoms with Crippen LogP contribution >= 0.6 is 0 Å². The van der Waals surface area contributed by atoms with Crippen molar-refractivity contribution in [2.45, 2.75) is 38.5 Å². The van der Waals surface area contributed by atoms with Crippen LogP contribution < -0.4 is 0 Å². The Hall–Kier alpha value is -2.95. The van der Waals surface area contributed by atoms with Crippen LogP contribution in [0.4, 0.5) is 0 Å². The van der Waals surface area contributed by atoms with Gasteiger partial charge in [0.2, 0.25) is 11.8 Å². The molecule has 1 saturated heterocycles. The van der Waals surface area contributed by atoms with Gasteiger partial charge in [0, 0.05) is 45.0 Å². The molecule has 2 aromatic rings. The largest absolute Gasteiger partial charge is 0.340 e. The normalized spacial score (nSPS) is 19.8. The number of hydrogen-bond acceptors (Lipinski definition) is 3. The molecular formula is C27H33N3O2. The lowest BCUT2D eigenvalue weighted by molar-refractivity contribution is -0.134. The van der Waals surface area contributed by atoms with E-state index in [1.54, 1.807) is 12.3 Å². The van der Waals surface area contributed by atoms with Crippen LogP contribution in [-0.2, 0) is 16.0 Å². The maximum Gasteiger partial charge on any atom is 0.228 e. The number of nitrogens with zero attached hydrogens (tertiary/aromatic N) is 3. The zero-order valence-electron chi connectivity index (χ0n) is 18.8. The second-order valence-corrected chi connectivity index (χ2v) is 9.11. The van der Waals surface area contributed by atoms with Crippen LogP contribution in [0.1, 0.15) is 37.7 Å². The third-order valence-corrected chi connectivity index (χ3v) is 6.79. The summed E-state index contributed by atoms with van der Waals surface area (Å²) >= 11 is 0. The van der Waals surface area contributed by atoms with Crippen molar-refractivity contribution in [3.8, 4) is 11.1 Å². The van der Waals surface area contributed by atoms with Crippen LogP contribution in [0.15, 0.2) is 61.4 Å². The lowest BCUT2D eigenvalue weighted by atomic mass is 9.94. The van der Waals surface area contributed by atoms with E-state index < -0.39 is 0 Å². The molecule has 1 aromatic heterocycles. The molecule has 1 aliphatic heterocycles. The van der Waals surface area contributed by atoms with Gasteiger partial charge in [0.15, 0.2) is 0 Å². The number of aromatic nitrogens is 1. The average Bonchev–Trinajstić information content (AvgIpc) is 3.28. The summed E-state index contributed by atoms with van der Waals surface area (Å²) in [7, 11) is 0. The number of rotatable bonds is 7. The smallest absolute Gasteiger partial charge is 0.228 e. The molecule has 1 atom stereocenters. The number of carbonyl (C=O) groups excluding carboxylic acids is 2. The third-order valence-electron chi connectivity index (χ3n) is 6.79. The highest BCUT2D eigenvalue weighted by atomic mass is 16.2. The Bertz CT molecular complexity index is 937. The van der Waals surface area contributed by atoms with E-state index in [9.17, 15) is 9.59 Å². The van der Waals surface area contributed by atoms with Crippen molar-refractivity contribution in [1.29, 1.82) is 0 Å². The van der Waals surface area contributed by atoms with Gasteiger partial charge in [-0.2, -0.15) is 0 Å². The summed E-state index contributed by atoms with van der Waals surface area (Å²) in [6.45, 7) is 6.02. The maximum absolute atomic E-state index is 13.3. The van der Waals surface area contributed by atoms with Gasteiger partial charge in [-0.3, -0.25) is 14.6 Å². The second-order valence-electron chi connectivity index (χ2n) is 9.11. The van der Waals surface area contributed by atoms with Gasteiger partial charge in [-0.15, -0.1) is 6.58 Å². The Morgan fingerprint density at radius 2 is 1.94 bits per heavy atom. The molecular weight excluding hydrogens is 398 g/mol. The zero-order chi connectivity index (χ0) is 22.3. The zero-order valence-corrected chi connectivity index (χ0v) is 18.8. The van der Waals surface area contributed by atoms with Crippen molar-refractivity contribution in [2.75, 3.05) is 26.2 Å². The minimum Gasteiger partial charge on any atom is -0.340 e. The SMILES string of the molecule is C=CCN1CCN(C(=O)CC2CCCC2)C[C@@H](Cc2cccc(-c3cccnc3)c2)C1=O. The number of amides is 2. The quantitative estimate of drug-likeness (QED) is 0.613. The van der Waals surface area contributed by atoms with E-state index in [1.165, 1.54) is 12.8 Å². The molecule has 4 rings (SSSR count).